The molecule has 1 N–H and O–H groups in total. The van der Waals surface area contributed by atoms with Gasteiger partial charge in [0.1, 0.15) is 5.67 Å². The third kappa shape index (κ3) is 2.93. The zero-order valence-electron chi connectivity index (χ0n) is 9.90. The molecule has 1 aliphatic carbocycles. The number of hydrogen-bond acceptors (Lipinski definition) is 1. The van der Waals surface area contributed by atoms with Crippen molar-refractivity contribution in [1.82, 2.24) is 5.32 Å². The maximum absolute atomic E-state index is 14.6. The lowest BCUT2D eigenvalue weighted by Crippen LogP contribution is -2.34. The Labute approximate surface area is 92.8 Å². The molecular formula is C13H24FN. The number of alkyl halides is 1. The second-order valence-electron chi connectivity index (χ2n) is 5.68. The van der Waals surface area contributed by atoms with Gasteiger partial charge in [-0.05, 0) is 57.5 Å². The quantitative estimate of drug-likeness (QED) is 0.758. The summed E-state index contributed by atoms with van der Waals surface area (Å²) >= 11 is 0. The van der Waals surface area contributed by atoms with Crippen LogP contribution in [0.15, 0.2) is 0 Å². The van der Waals surface area contributed by atoms with E-state index < -0.39 is 5.67 Å². The second-order valence-corrected chi connectivity index (χ2v) is 5.68. The first kappa shape index (κ1) is 11.4. The summed E-state index contributed by atoms with van der Waals surface area (Å²) in [7, 11) is 0. The molecule has 1 heterocycles. The summed E-state index contributed by atoms with van der Waals surface area (Å²) in [6.45, 7) is 3.97. The van der Waals surface area contributed by atoms with E-state index in [0.717, 1.165) is 32.4 Å². The minimum absolute atomic E-state index is 0.340. The van der Waals surface area contributed by atoms with Crippen molar-refractivity contribution in [3.05, 3.63) is 0 Å². The predicted octanol–water partition coefficient (Wildman–Crippen LogP) is 3.29. The van der Waals surface area contributed by atoms with Crippen molar-refractivity contribution in [2.45, 2.75) is 57.5 Å². The van der Waals surface area contributed by atoms with Gasteiger partial charge in [-0.2, -0.15) is 0 Å². The lowest BCUT2D eigenvalue weighted by molar-refractivity contribution is 0.0510. The standard InChI is InChI=1S/C13H24FN/c1-13(14,9-11-7-8-15-10-11)12-5-3-2-4-6-12/h11-12,15H,2-10H2,1H3. The third-order valence-corrected chi connectivity index (χ3v) is 4.31. The highest BCUT2D eigenvalue weighted by atomic mass is 19.1. The molecule has 15 heavy (non-hydrogen) atoms. The van der Waals surface area contributed by atoms with E-state index in [9.17, 15) is 4.39 Å². The monoisotopic (exact) mass is 213 g/mol. The van der Waals surface area contributed by atoms with E-state index >= 15 is 0 Å². The van der Waals surface area contributed by atoms with E-state index in [1.54, 1.807) is 0 Å². The summed E-state index contributed by atoms with van der Waals surface area (Å²) < 4.78 is 14.6. The van der Waals surface area contributed by atoms with Gasteiger partial charge in [-0.1, -0.05) is 19.3 Å². The maximum atomic E-state index is 14.6. The Kier molecular flexibility index (Phi) is 3.65. The minimum atomic E-state index is -0.906. The fourth-order valence-corrected chi connectivity index (χ4v) is 3.32. The van der Waals surface area contributed by atoms with E-state index in [0.29, 0.717) is 11.8 Å². The molecule has 0 spiro atoms. The highest BCUT2D eigenvalue weighted by molar-refractivity contribution is 4.88. The third-order valence-electron chi connectivity index (χ3n) is 4.31. The SMILES string of the molecule is CC(F)(CC1CCNC1)C1CCCCC1. The van der Waals surface area contributed by atoms with Gasteiger partial charge in [-0.15, -0.1) is 0 Å². The first-order valence-corrected chi connectivity index (χ1v) is 6.58. The molecule has 2 atom stereocenters. The average Bonchev–Trinajstić information content (AvgIpc) is 2.71. The molecule has 2 fully saturated rings. The van der Waals surface area contributed by atoms with Gasteiger partial charge in [0.25, 0.3) is 0 Å². The molecule has 0 aromatic heterocycles. The van der Waals surface area contributed by atoms with Gasteiger partial charge in [0.2, 0.25) is 0 Å². The fraction of sp³-hybridized carbons (Fsp3) is 1.00. The average molecular weight is 213 g/mol. The Morgan fingerprint density at radius 1 is 1.20 bits per heavy atom. The Balaban J connectivity index is 1.86. The van der Waals surface area contributed by atoms with Crippen LogP contribution in [0.5, 0.6) is 0 Å². The van der Waals surface area contributed by atoms with Crippen LogP contribution < -0.4 is 5.32 Å². The van der Waals surface area contributed by atoms with Gasteiger partial charge in [0.05, 0.1) is 0 Å². The molecule has 0 aromatic carbocycles. The van der Waals surface area contributed by atoms with Gasteiger partial charge in [-0.3, -0.25) is 0 Å². The maximum Gasteiger partial charge on any atom is 0.111 e. The molecule has 2 unspecified atom stereocenters. The summed E-state index contributed by atoms with van der Waals surface area (Å²) in [6, 6.07) is 0. The lowest BCUT2D eigenvalue weighted by atomic mass is 9.75. The number of hydrogen-bond donors (Lipinski definition) is 1. The van der Waals surface area contributed by atoms with Gasteiger partial charge >= 0.3 is 0 Å². The highest BCUT2D eigenvalue weighted by Crippen LogP contribution is 2.39. The van der Waals surface area contributed by atoms with Crippen molar-refractivity contribution in [3.8, 4) is 0 Å². The summed E-state index contributed by atoms with van der Waals surface area (Å²) in [4.78, 5) is 0. The van der Waals surface area contributed by atoms with E-state index in [4.69, 9.17) is 0 Å². The van der Waals surface area contributed by atoms with Gasteiger partial charge in [-0.25, -0.2) is 4.39 Å². The lowest BCUT2D eigenvalue weighted by Gasteiger charge is -2.35. The molecule has 1 aliphatic heterocycles. The van der Waals surface area contributed by atoms with Crippen LogP contribution in [0.3, 0.4) is 0 Å². The fourth-order valence-electron chi connectivity index (χ4n) is 3.32. The highest BCUT2D eigenvalue weighted by Gasteiger charge is 2.37. The van der Waals surface area contributed by atoms with Crippen molar-refractivity contribution >= 4 is 0 Å². The molecule has 0 radical (unpaired) electrons. The molecule has 0 bridgehead atoms. The summed E-state index contributed by atoms with van der Waals surface area (Å²) in [5.41, 5.74) is -0.906. The van der Waals surface area contributed by atoms with Crippen molar-refractivity contribution in [1.29, 1.82) is 0 Å². The van der Waals surface area contributed by atoms with Crippen molar-refractivity contribution < 1.29 is 4.39 Å². The van der Waals surface area contributed by atoms with Crippen molar-refractivity contribution in [2.24, 2.45) is 11.8 Å². The minimum Gasteiger partial charge on any atom is -0.316 e. The van der Waals surface area contributed by atoms with E-state index in [-0.39, 0.29) is 0 Å². The van der Waals surface area contributed by atoms with E-state index in [1.807, 2.05) is 6.92 Å². The van der Waals surface area contributed by atoms with Crippen LogP contribution in [0.1, 0.15) is 51.9 Å². The van der Waals surface area contributed by atoms with Crippen LogP contribution in [-0.4, -0.2) is 18.8 Å². The topological polar surface area (TPSA) is 12.0 Å². The molecule has 2 aliphatic rings. The normalized spacial score (nSPS) is 32.8. The molecule has 88 valence electrons. The van der Waals surface area contributed by atoms with E-state index in [1.165, 1.54) is 25.7 Å². The Bertz CT molecular complexity index is 191. The van der Waals surface area contributed by atoms with Gasteiger partial charge in [0, 0.05) is 0 Å². The Morgan fingerprint density at radius 2 is 1.93 bits per heavy atom. The summed E-state index contributed by atoms with van der Waals surface area (Å²) in [6.07, 6.45) is 7.99. The zero-order chi connectivity index (χ0) is 10.7. The largest absolute Gasteiger partial charge is 0.316 e. The van der Waals surface area contributed by atoms with Crippen LogP contribution in [0.4, 0.5) is 4.39 Å². The smallest absolute Gasteiger partial charge is 0.111 e. The molecule has 2 rings (SSSR count). The van der Waals surface area contributed by atoms with Gasteiger partial charge in [0.15, 0.2) is 0 Å². The molecule has 2 heteroatoms. The van der Waals surface area contributed by atoms with Crippen LogP contribution in [-0.2, 0) is 0 Å². The van der Waals surface area contributed by atoms with Crippen LogP contribution in [0.25, 0.3) is 0 Å². The first-order chi connectivity index (χ1) is 7.18. The molecule has 1 saturated carbocycles. The van der Waals surface area contributed by atoms with E-state index in [2.05, 4.69) is 5.32 Å². The predicted molar refractivity (Wildman–Crippen MR) is 61.7 cm³/mol. The number of nitrogens with one attached hydrogen (secondary N) is 1. The Hall–Kier alpha value is -0.110. The number of rotatable bonds is 3. The first-order valence-electron chi connectivity index (χ1n) is 6.58. The summed E-state index contributed by atoms with van der Waals surface area (Å²) in [5.74, 6) is 0.925. The Morgan fingerprint density at radius 3 is 2.53 bits per heavy atom. The van der Waals surface area contributed by atoms with Crippen LogP contribution in [0, 0.1) is 11.8 Å². The molecule has 0 amide bonds. The molecule has 1 saturated heterocycles. The second kappa shape index (κ2) is 4.82. The van der Waals surface area contributed by atoms with Gasteiger partial charge < -0.3 is 5.32 Å². The molecule has 1 nitrogen and oxygen atoms in total. The van der Waals surface area contributed by atoms with Crippen molar-refractivity contribution in [2.75, 3.05) is 13.1 Å². The molecule has 0 aromatic rings. The van der Waals surface area contributed by atoms with Crippen LogP contribution in [0.2, 0.25) is 0 Å². The number of halogens is 1. The molecular weight excluding hydrogens is 189 g/mol. The zero-order valence-corrected chi connectivity index (χ0v) is 9.90. The van der Waals surface area contributed by atoms with Crippen LogP contribution >= 0.6 is 0 Å². The summed E-state index contributed by atoms with van der Waals surface area (Å²) in [5, 5.41) is 3.33. The van der Waals surface area contributed by atoms with Crippen molar-refractivity contribution in [3.63, 3.8) is 0 Å².